The summed E-state index contributed by atoms with van der Waals surface area (Å²) in [5.74, 6) is 0.0865. The molecule has 0 saturated heterocycles. The smallest absolute Gasteiger partial charge is 0.337 e. The molecule has 0 saturated carbocycles. The van der Waals surface area contributed by atoms with E-state index in [1.165, 1.54) is 24.5 Å². The third-order valence-electron chi connectivity index (χ3n) is 4.71. The number of esters is 1. The van der Waals surface area contributed by atoms with Crippen LogP contribution in [0, 0.1) is 6.92 Å². The van der Waals surface area contributed by atoms with Crippen molar-refractivity contribution >= 4 is 27.0 Å². The van der Waals surface area contributed by atoms with E-state index in [2.05, 4.69) is 4.98 Å². The molecule has 3 aromatic rings. The second-order valence-corrected chi connectivity index (χ2v) is 8.51. The maximum Gasteiger partial charge on any atom is 0.337 e. The molecule has 0 atom stereocenters. The Morgan fingerprint density at radius 2 is 1.93 bits per heavy atom. The Morgan fingerprint density at radius 3 is 2.61 bits per heavy atom. The molecule has 3 rings (SSSR count). The van der Waals surface area contributed by atoms with Crippen LogP contribution < -0.4 is 0 Å². The van der Waals surface area contributed by atoms with Crippen molar-refractivity contribution in [2.75, 3.05) is 14.2 Å². The summed E-state index contributed by atoms with van der Waals surface area (Å²) in [5, 5.41) is 0. The minimum Gasteiger partial charge on any atom is -0.465 e. The van der Waals surface area contributed by atoms with E-state index in [-0.39, 0.29) is 17.0 Å². The second-order valence-electron chi connectivity index (χ2n) is 6.49. The number of hydrogen-bond donors (Lipinski definition) is 0. The number of sulfonamides is 1. The van der Waals surface area contributed by atoms with Crippen LogP contribution in [0.15, 0.2) is 47.4 Å². The summed E-state index contributed by atoms with van der Waals surface area (Å²) >= 11 is 0. The number of aromatic nitrogens is 2. The number of ether oxygens (including phenoxy) is 1. The molecule has 2 aromatic carbocycles. The molecule has 28 heavy (non-hydrogen) atoms. The van der Waals surface area contributed by atoms with Gasteiger partial charge in [-0.05, 0) is 43.7 Å². The number of nitrogens with zero attached hydrogens (tertiary/aromatic N) is 3. The third kappa shape index (κ3) is 3.53. The molecule has 0 fully saturated rings. The summed E-state index contributed by atoms with van der Waals surface area (Å²) < 4.78 is 34.3. The molecule has 0 N–H and O–H groups in total. The number of aryl methyl sites for hydroxylation is 2. The molecule has 0 unspecified atom stereocenters. The monoisotopic (exact) mass is 401 g/mol. The van der Waals surface area contributed by atoms with Crippen molar-refractivity contribution < 1.29 is 17.9 Å². The molecular formula is C20H23N3O4S. The molecule has 7 nitrogen and oxygen atoms in total. The van der Waals surface area contributed by atoms with Crippen molar-refractivity contribution in [3.8, 4) is 0 Å². The van der Waals surface area contributed by atoms with Gasteiger partial charge in [-0.3, -0.25) is 0 Å². The van der Waals surface area contributed by atoms with Crippen LogP contribution in [-0.4, -0.2) is 42.4 Å². The van der Waals surface area contributed by atoms with E-state index in [1.807, 2.05) is 35.8 Å². The molecule has 148 valence electrons. The van der Waals surface area contributed by atoms with E-state index >= 15 is 0 Å². The highest BCUT2D eigenvalue weighted by atomic mass is 32.2. The molecule has 0 aliphatic heterocycles. The minimum absolute atomic E-state index is 0.0806. The molecule has 0 amide bonds. The van der Waals surface area contributed by atoms with E-state index in [9.17, 15) is 13.2 Å². The Balaban J connectivity index is 1.99. The van der Waals surface area contributed by atoms with Gasteiger partial charge in [0.1, 0.15) is 5.82 Å². The van der Waals surface area contributed by atoms with Crippen molar-refractivity contribution in [2.24, 2.45) is 0 Å². The van der Waals surface area contributed by atoms with Crippen molar-refractivity contribution in [3.63, 3.8) is 0 Å². The summed E-state index contributed by atoms with van der Waals surface area (Å²) in [6.45, 7) is 4.49. The highest BCUT2D eigenvalue weighted by molar-refractivity contribution is 7.89. The van der Waals surface area contributed by atoms with Crippen molar-refractivity contribution in [3.05, 3.63) is 59.4 Å². The molecule has 0 bridgehead atoms. The first kappa shape index (κ1) is 20.0. The zero-order valence-electron chi connectivity index (χ0n) is 16.3. The van der Waals surface area contributed by atoms with Crippen LogP contribution in [0.2, 0.25) is 0 Å². The first-order valence-corrected chi connectivity index (χ1v) is 10.3. The van der Waals surface area contributed by atoms with E-state index in [4.69, 9.17) is 4.74 Å². The van der Waals surface area contributed by atoms with Gasteiger partial charge in [0.05, 0.1) is 35.1 Å². The number of para-hydroxylation sites is 2. The van der Waals surface area contributed by atoms with Crippen molar-refractivity contribution in [1.29, 1.82) is 0 Å². The van der Waals surface area contributed by atoms with Gasteiger partial charge in [-0.15, -0.1) is 0 Å². The maximum absolute atomic E-state index is 13.2. The minimum atomic E-state index is -3.82. The zero-order chi connectivity index (χ0) is 20.5. The predicted molar refractivity (Wildman–Crippen MR) is 107 cm³/mol. The largest absolute Gasteiger partial charge is 0.465 e. The summed E-state index contributed by atoms with van der Waals surface area (Å²) in [7, 11) is -1.05. The van der Waals surface area contributed by atoms with E-state index < -0.39 is 16.0 Å². The van der Waals surface area contributed by atoms with Gasteiger partial charge < -0.3 is 9.30 Å². The predicted octanol–water partition coefficient (Wildman–Crippen LogP) is 2.97. The van der Waals surface area contributed by atoms with E-state index in [0.29, 0.717) is 17.9 Å². The van der Waals surface area contributed by atoms with Gasteiger partial charge in [0.15, 0.2) is 0 Å². The number of rotatable bonds is 6. The molecule has 8 heteroatoms. The van der Waals surface area contributed by atoms with Gasteiger partial charge in [0, 0.05) is 13.6 Å². The lowest BCUT2D eigenvalue weighted by Crippen LogP contribution is -2.28. The molecule has 0 spiro atoms. The molecule has 0 radical (unpaired) electrons. The van der Waals surface area contributed by atoms with E-state index in [1.54, 1.807) is 19.1 Å². The lowest BCUT2D eigenvalue weighted by atomic mass is 10.1. The highest BCUT2D eigenvalue weighted by Crippen LogP contribution is 2.24. The van der Waals surface area contributed by atoms with Crippen molar-refractivity contribution in [2.45, 2.75) is 31.8 Å². The lowest BCUT2D eigenvalue weighted by Gasteiger charge is -2.19. The Bertz CT molecular complexity index is 1140. The van der Waals surface area contributed by atoms with Gasteiger partial charge in [0.25, 0.3) is 0 Å². The normalized spacial score (nSPS) is 11.9. The summed E-state index contributed by atoms with van der Waals surface area (Å²) in [6, 6.07) is 12.2. The molecule has 0 aliphatic rings. The quantitative estimate of drug-likeness (QED) is 0.593. The number of imidazole rings is 1. The van der Waals surface area contributed by atoms with Gasteiger partial charge in [-0.1, -0.05) is 18.2 Å². The van der Waals surface area contributed by atoms with Gasteiger partial charge in [-0.25, -0.2) is 18.2 Å². The number of benzene rings is 2. The second kappa shape index (κ2) is 7.73. The Labute approximate surface area is 164 Å². The zero-order valence-corrected chi connectivity index (χ0v) is 17.2. The Kier molecular flexibility index (Phi) is 5.53. The Morgan fingerprint density at radius 1 is 1.21 bits per heavy atom. The van der Waals surface area contributed by atoms with Crippen LogP contribution in [0.25, 0.3) is 11.0 Å². The van der Waals surface area contributed by atoms with Gasteiger partial charge in [0.2, 0.25) is 10.0 Å². The SMILES string of the molecule is CCn1c(CN(C)S(=O)(=O)c2cc(C(=O)OC)ccc2C)nc2ccccc21. The molecular weight excluding hydrogens is 378 g/mol. The fourth-order valence-corrected chi connectivity index (χ4v) is 4.55. The number of hydrogen-bond acceptors (Lipinski definition) is 5. The van der Waals surface area contributed by atoms with Crippen LogP contribution in [-0.2, 0) is 27.8 Å². The fourth-order valence-electron chi connectivity index (χ4n) is 3.17. The first-order chi connectivity index (χ1) is 13.3. The Hall–Kier alpha value is -2.71. The topological polar surface area (TPSA) is 81.5 Å². The molecule has 1 heterocycles. The van der Waals surface area contributed by atoms with Gasteiger partial charge in [-0.2, -0.15) is 4.31 Å². The standard InChI is InChI=1S/C20H23N3O4S/c1-5-23-17-9-7-6-8-16(17)21-19(23)13-22(3)28(25,26)18-12-15(20(24)27-4)11-10-14(18)2/h6-12H,5,13H2,1-4H3. The maximum atomic E-state index is 13.2. The summed E-state index contributed by atoms with van der Waals surface area (Å²) in [6.07, 6.45) is 0. The third-order valence-corrected chi connectivity index (χ3v) is 6.66. The van der Waals surface area contributed by atoms with Crippen LogP contribution in [0.4, 0.5) is 0 Å². The van der Waals surface area contributed by atoms with Crippen LogP contribution in [0.1, 0.15) is 28.7 Å². The van der Waals surface area contributed by atoms with Crippen LogP contribution in [0.5, 0.6) is 0 Å². The average Bonchev–Trinajstić information content (AvgIpc) is 3.04. The average molecular weight is 401 g/mol. The van der Waals surface area contributed by atoms with Gasteiger partial charge >= 0.3 is 5.97 Å². The van der Waals surface area contributed by atoms with Crippen molar-refractivity contribution in [1.82, 2.24) is 13.9 Å². The first-order valence-electron chi connectivity index (χ1n) is 8.89. The molecule has 1 aromatic heterocycles. The van der Waals surface area contributed by atoms with Crippen LogP contribution >= 0.6 is 0 Å². The molecule has 0 aliphatic carbocycles. The highest BCUT2D eigenvalue weighted by Gasteiger charge is 2.26. The summed E-state index contributed by atoms with van der Waals surface area (Å²) in [5.41, 5.74) is 2.55. The number of carbonyl (C=O) groups is 1. The number of methoxy groups -OCH3 is 1. The van der Waals surface area contributed by atoms with Crippen LogP contribution in [0.3, 0.4) is 0 Å². The lowest BCUT2D eigenvalue weighted by molar-refractivity contribution is 0.0600. The van der Waals surface area contributed by atoms with E-state index in [0.717, 1.165) is 11.0 Å². The summed E-state index contributed by atoms with van der Waals surface area (Å²) in [4.78, 5) is 16.5. The number of carbonyl (C=O) groups excluding carboxylic acids is 1. The fraction of sp³-hybridized carbons (Fsp3) is 0.300. The number of fused-ring (bicyclic) bond motifs is 1.